The Morgan fingerprint density at radius 1 is 1.04 bits per heavy atom. The third-order valence-corrected chi connectivity index (χ3v) is 4.56. The zero-order chi connectivity index (χ0) is 18.1. The number of pyridine rings is 1. The molecule has 0 aliphatic carbocycles. The molecule has 138 valence electrons. The molecule has 5 nitrogen and oxygen atoms in total. The Kier molecular flexibility index (Phi) is 7.95. The number of aliphatic hydroxyl groups excluding tert-OH is 1. The molecule has 0 aliphatic rings. The van der Waals surface area contributed by atoms with Crippen molar-refractivity contribution in [2.24, 2.45) is 0 Å². The van der Waals surface area contributed by atoms with Crippen molar-refractivity contribution in [1.82, 2.24) is 10.3 Å². The molecule has 0 bridgehead atoms. The van der Waals surface area contributed by atoms with E-state index in [4.69, 9.17) is 0 Å². The Morgan fingerprint density at radius 3 is 2.52 bits per heavy atom. The number of benzene rings is 1. The Balaban J connectivity index is 1.80. The van der Waals surface area contributed by atoms with Crippen LogP contribution in [0.1, 0.15) is 63.5 Å². The molecule has 0 saturated carbocycles. The van der Waals surface area contributed by atoms with Crippen molar-refractivity contribution in [3.05, 3.63) is 40.2 Å². The number of nitrogens with one attached hydrogen (secondary N) is 2. The first-order chi connectivity index (χ1) is 12.1. The summed E-state index contributed by atoms with van der Waals surface area (Å²) < 4.78 is 0. The summed E-state index contributed by atoms with van der Waals surface area (Å²) in [6, 6.07) is 6.26. The van der Waals surface area contributed by atoms with Crippen molar-refractivity contribution in [2.75, 3.05) is 13.1 Å². The second-order valence-electron chi connectivity index (χ2n) is 6.63. The van der Waals surface area contributed by atoms with Gasteiger partial charge in [-0.25, -0.2) is 0 Å². The minimum Gasteiger partial charge on any atom is -0.506 e. The van der Waals surface area contributed by atoms with Gasteiger partial charge >= 0.3 is 0 Å². The number of phenols is 1. The maximum absolute atomic E-state index is 11.4. The van der Waals surface area contributed by atoms with Gasteiger partial charge in [-0.3, -0.25) is 4.79 Å². The van der Waals surface area contributed by atoms with Crippen molar-refractivity contribution < 1.29 is 10.2 Å². The Labute approximate surface area is 149 Å². The van der Waals surface area contributed by atoms with Crippen LogP contribution in [0, 0.1) is 0 Å². The van der Waals surface area contributed by atoms with Crippen LogP contribution in [0.15, 0.2) is 29.1 Å². The van der Waals surface area contributed by atoms with Crippen molar-refractivity contribution in [1.29, 1.82) is 0 Å². The molecule has 0 amide bonds. The van der Waals surface area contributed by atoms with Gasteiger partial charge in [-0.2, -0.15) is 0 Å². The Bertz CT molecular complexity index is 712. The third kappa shape index (κ3) is 5.87. The van der Waals surface area contributed by atoms with Crippen LogP contribution >= 0.6 is 0 Å². The van der Waals surface area contributed by atoms with Gasteiger partial charge in [0.2, 0.25) is 5.56 Å². The quantitative estimate of drug-likeness (QED) is 0.468. The van der Waals surface area contributed by atoms with Gasteiger partial charge in [0.25, 0.3) is 0 Å². The van der Waals surface area contributed by atoms with E-state index in [1.807, 2.05) is 0 Å². The zero-order valence-electron chi connectivity index (χ0n) is 15.1. The van der Waals surface area contributed by atoms with Crippen LogP contribution < -0.4 is 10.9 Å². The number of unbranched alkanes of at least 4 members (excludes halogenated alkanes) is 6. The summed E-state index contributed by atoms with van der Waals surface area (Å²) in [5.41, 5.74) is 0.804. The Hall–Kier alpha value is -1.85. The first-order valence-electron chi connectivity index (χ1n) is 9.37. The van der Waals surface area contributed by atoms with Crippen LogP contribution in [-0.4, -0.2) is 28.3 Å². The number of phenolic OH excluding ortho intramolecular Hbond substituents is 1. The maximum Gasteiger partial charge on any atom is 0.248 e. The van der Waals surface area contributed by atoms with Crippen molar-refractivity contribution in [3.8, 4) is 5.75 Å². The fourth-order valence-electron chi connectivity index (χ4n) is 3.11. The number of hydrogen-bond acceptors (Lipinski definition) is 4. The van der Waals surface area contributed by atoms with Gasteiger partial charge in [-0.15, -0.1) is 0 Å². The summed E-state index contributed by atoms with van der Waals surface area (Å²) >= 11 is 0. The van der Waals surface area contributed by atoms with E-state index < -0.39 is 6.10 Å². The van der Waals surface area contributed by atoms with Gasteiger partial charge < -0.3 is 20.5 Å². The lowest BCUT2D eigenvalue weighted by Crippen LogP contribution is -2.22. The minimum absolute atomic E-state index is 0.0136. The summed E-state index contributed by atoms with van der Waals surface area (Å²) in [7, 11) is 0. The molecule has 1 atom stereocenters. The molecule has 0 spiro atoms. The van der Waals surface area contributed by atoms with Crippen LogP contribution in [0.25, 0.3) is 10.9 Å². The lowest BCUT2D eigenvalue weighted by Gasteiger charge is -2.15. The van der Waals surface area contributed by atoms with E-state index in [1.165, 1.54) is 50.7 Å². The maximum atomic E-state index is 11.4. The standard InChI is InChI=1S/C20H30N2O3/c1-2-3-4-5-6-7-8-13-21-14-18(24)15-9-11-17(23)20-16(15)10-12-19(25)22-20/h9-12,18,21,23-24H,2-8,13-14H2,1H3,(H,22,25)/t18-/m0/s1. The fourth-order valence-corrected chi connectivity index (χ4v) is 3.11. The molecular weight excluding hydrogens is 316 g/mol. The van der Waals surface area contributed by atoms with Crippen molar-refractivity contribution >= 4 is 10.9 Å². The molecule has 1 heterocycles. The molecule has 4 N–H and O–H groups in total. The predicted octanol–water partition coefficient (Wildman–Crippen LogP) is 3.61. The van der Waals surface area contributed by atoms with E-state index in [1.54, 1.807) is 12.1 Å². The number of fused-ring (bicyclic) bond motifs is 1. The molecule has 25 heavy (non-hydrogen) atoms. The van der Waals surface area contributed by atoms with Crippen molar-refractivity contribution in [3.63, 3.8) is 0 Å². The van der Waals surface area contributed by atoms with Crippen LogP contribution in [0.4, 0.5) is 0 Å². The van der Waals surface area contributed by atoms with Gasteiger partial charge in [0.1, 0.15) is 5.75 Å². The number of aromatic hydroxyl groups is 1. The molecule has 0 fully saturated rings. The van der Waals surface area contributed by atoms with Gasteiger partial charge in [0.15, 0.2) is 0 Å². The monoisotopic (exact) mass is 346 g/mol. The molecule has 2 aromatic rings. The SMILES string of the molecule is CCCCCCCCCNC[C@H](O)c1ccc(O)c2[nH]c(=O)ccc12. The normalized spacial score (nSPS) is 12.6. The predicted molar refractivity (Wildman–Crippen MR) is 102 cm³/mol. The van der Waals surface area contributed by atoms with E-state index in [0.717, 1.165) is 13.0 Å². The third-order valence-electron chi connectivity index (χ3n) is 4.56. The highest BCUT2D eigenvalue weighted by molar-refractivity contribution is 5.87. The zero-order valence-corrected chi connectivity index (χ0v) is 15.1. The highest BCUT2D eigenvalue weighted by Gasteiger charge is 2.13. The van der Waals surface area contributed by atoms with Gasteiger partial charge in [0, 0.05) is 18.0 Å². The van der Waals surface area contributed by atoms with E-state index in [9.17, 15) is 15.0 Å². The average Bonchev–Trinajstić information content (AvgIpc) is 2.61. The molecule has 1 aromatic heterocycles. The van der Waals surface area contributed by atoms with Gasteiger partial charge in [-0.05, 0) is 30.7 Å². The number of aromatic amines is 1. The number of rotatable bonds is 11. The van der Waals surface area contributed by atoms with E-state index >= 15 is 0 Å². The smallest absolute Gasteiger partial charge is 0.248 e. The van der Waals surface area contributed by atoms with Gasteiger partial charge in [0.05, 0.1) is 11.6 Å². The minimum atomic E-state index is -0.682. The summed E-state index contributed by atoms with van der Waals surface area (Å²) in [6.45, 7) is 3.57. The second kappa shape index (κ2) is 10.2. The molecule has 5 heteroatoms. The molecule has 2 rings (SSSR count). The molecule has 1 aromatic carbocycles. The van der Waals surface area contributed by atoms with Gasteiger partial charge in [-0.1, -0.05) is 51.5 Å². The summed E-state index contributed by atoms with van der Waals surface area (Å²) in [5, 5.41) is 24.3. The van der Waals surface area contributed by atoms with Crippen LogP contribution in [0.5, 0.6) is 5.75 Å². The summed E-state index contributed by atoms with van der Waals surface area (Å²) in [5.74, 6) is 0.0136. The van der Waals surface area contributed by atoms with E-state index in [0.29, 0.717) is 23.0 Å². The first kappa shape index (κ1) is 19.5. The number of hydrogen-bond donors (Lipinski definition) is 4. The van der Waals surface area contributed by atoms with E-state index in [2.05, 4.69) is 17.2 Å². The molecular formula is C20H30N2O3. The van der Waals surface area contributed by atoms with Crippen LogP contribution in [0.3, 0.4) is 0 Å². The number of aliphatic hydroxyl groups is 1. The highest BCUT2D eigenvalue weighted by atomic mass is 16.3. The fraction of sp³-hybridized carbons (Fsp3) is 0.550. The lowest BCUT2D eigenvalue weighted by molar-refractivity contribution is 0.176. The average molecular weight is 346 g/mol. The summed E-state index contributed by atoms with van der Waals surface area (Å²) in [4.78, 5) is 14.1. The molecule has 0 saturated heterocycles. The second-order valence-corrected chi connectivity index (χ2v) is 6.63. The van der Waals surface area contributed by atoms with Crippen LogP contribution in [0.2, 0.25) is 0 Å². The van der Waals surface area contributed by atoms with Crippen molar-refractivity contribution in [2.45, 2.75) is 58.0 Å². The first-order valence-corrected chi connectivity index (χ1v) is 9.37. The van der Waals surface area contributed by atoms with Crippen LogP contribution in [-0.2, 0) is 0 Å². The molecule has 0 unspecified atom stereocenters. The largest absolute Gasteiger partial charge is 0.506 e. The summed E-state index contributed by atoms with van der Waals surface area (Å²) in [6.07, 6.45) is 8.18. The Morgan fingerprint density at radius 2 is 1.76 bits per heavy atom. The molecule has 0 radical (unpaired) electrons. The molecule has 0 aliphatic heterocycles. The number of H-pyrrole nitrogens is 1. The lowest BCUT2D eigenvalue weighted by atomic mass is 10.0. The number of aromatic nitrogens is 1. The van der Waals surface area contributed by atoms with E-state index in [-0.39, 0.29) is 11.3 Å². The highest BCUT2D eigenvalue weighted by Crippen LogP contribution is 2.28. The topological polar surface area (TPSA) is 85.3 Å².